The first-order valence-electron chi connectivity index (χ1n) is 11.8. The zero-order valence-electron chi connectivity index (χ0n) is 22.3. The van der Waals surface area contributed by atoms with Gasteiger partial charge in [0.2, 0.25) is 5.79 Å². The van der Waals surface area contributed by atoms with E-state index in [1.807, 2.05) is 32.9 Å². The standard InChI is InChI=1S/C28H42O6/c1-19(2)12-11-14-26(6)18-24(30-8)21(5)28(32-10)23(17-27(7,31-9)34-28)22(26)13-15-33-25(29)16-20(3)4/h12-13,15-17,22,24H,5,11,14,18H2,1-4,6-10H3. The molecule has 1 fully saturated rings. The van der Waals surface area contributed by atoms with Gasteiger partial charge < -0.3 is 23.7 Å². The van der Waals surface area contributed by atoms with Gasteiger partial charge in [-0.15, -0.1) is 0 Å². The predicted molar refractivity (Wildman–Crippen MR) is 134 cm³/mol. The van der Waals surface area contributed by atoms with Crippen molar-refractivity contribution in [3.8, 4) is 0 Å². The SMILES string of the molecule is C=C1C(OC)CC(C)(CCC=C(C)C)C(C=COC(=O)C=C(C)C)C2=CC(C)(OC)OC12OC. The minimum absolute atomic E-state index is 0.189. The summed E-state index contributed by atoms with van der Waals surface area (Å²) in [6, 6.07) is 0. The van der Waals surface area contributed by atoms with Crippen molar-refractivity contribution >= 4 is 5.97 Å². The summed E-state index contributed by atoms with van der Waals surface area (Å²) >= 11 is 0. The lowest BCUT2D eigenvalue weighted by Gasteiger charge is -2.38. The number of methoxy groups -OCH3 is 3. The van der Waals surface area contributed by atoms with Gasteiger partial charge in [0.15, 0.2) is 5.79 Å². The van der Waals surface area contributed by atoms with Crippen molar-refractivity contribution < 1.29 is 28.5 Å². The van der Waals surface area contributed by atoms with Gasteiger partial charge in [-0.3, -0.25) is 0 Å². The van der Waals surface area contributed by atoms with Gasteiger partial charge in [-0.1, -0.05) is 30.7 Å². The molecule has 0 bridgehead atoms. The Bertz CT molecular complexity index is 889. The van der Waals surface area contributed by atoms with E-state index in [-0.39, 0.29) is 17.4 Å². The van der Waals surface area contributed by atoms with Crippen molar-refractivity contribution in [1.82, 2.24) is 0 Å². The second kappa shape index (κ2) is 11.2. The Morgan fingerprint density at radius 2 is 1.82 bits per heavy atom. The first kappa shape index (κ1) is 28.2. The van der Waals surface area contributed by atoms with Crippen LogP contribution in [-0.2, 0) is 28.5 Å². The van der Waals surface area contributed by atoms with Gasteiger partial charge in [-0.2, -0.15) is 0 Å². The summed E-state index contributed by atoms with van der Waals surface area (Å²) in [5, 5.41) is 0. The Hall–Kier alpha value is -1.99. The van der Waals surface area contributed by atoms with Gasteiger partial charge in [0.1, 0.15) is 0 Å². The summed E-state index contributed by atoms with van der Waals surface area (Å²) in [5.74, 6) is -2.83. The number of esters is 1. The molecule has 6 nitrogen and oxygen atoms in total. The molecule has 1 heterocycles. The van der Waals surface area contributed by atoms with Crippen LogP contribution in [0, 0.1) is 11.3 Å². The molecular formula is C28H42O6. The number of hydrogen-bond donors (Lipinski definition) is 0. The topological polar surface area (TPSA) is 63.2 Å². The fourth-order valence-corrected chi connectivity index (χ4v) is 4.91. The third kappa shape index (κ3) is 5.98. The Labute approximate surface area is 205 Å². The molecule has 0 aromatic rings. The molecule has 5 unspecified atom stereocenters. The highest BCUT2D eigenvalue weighted by atomic mass is 16.8. The van der Waals surface area contributed by atoms with E-state index in [1.54, 1.807) is 21.3 Å². The zero-order valence-corrected chi connectivity index (χ0v) is 22.3. The Kier molecular flexibility index (Phi) is 9.28. The van der Waals surface area contributed by atoms with Crippen molar-refractivity contribution in [2.24, 2.45) is 11.3 Å². The summed E-state index contributed by atoms with van der Waals surface area (Å²) in [6.07, 6.45) is 11.3. The quantitative estimate of drug-likeness (QED) is 0.176. The van der Waals surface area contributed by atoms with E-state index < -0.39 is 17.5 Å². The second-order valence-electron chi connectivity index (χ2n) is 10.1. The van der Waals surface area contributed by atoms with Gasteiger partial charge in [-0.05, 0) is 71.4 Å². The average Bonchev–Trinajstić information content (AvgIpc) is 3.04. The van der Waals surface area contributed by atoms with Crippen LogP contribution in [0.5, 0.6) is 0 Å². The molecule has 0 N–H and O–H groups in total. The molecule has 2 rings (SSSR count). The fraction of sp³-hybridized carbons (Fsp3) is 0.607. The molecule has 0 radical (unpaired) electrons. The van der Waals surface area contributed by atoms with Crippen LogP contribution in [0.15, 0.2) is 59.4 Å². The molecule has 0 spiro atoms. The van der Waals surface area contributed by atoms with Crippen LogP contribution < -0.4 is 0 Å². The second-order valence-corrected chi connectivity index (χ2v) is 10.1. The normalized spacial score (nSPS) is 33.2. The molecule has 0 aromatic heterocycles. The predicted octanol–water partition coefficient (Wildman–Crippen LogP) is 6.02. The Balaban J connectivity index is 2.64. The molecule has 190 valence electrons. The first-order valence-corrected chi connectivity index (χ1v) is 11.8. The molecule has 1 saturated carbocycles. The van der Waals surface area contributed by atoms with Crippen molar-refractivity contribution in [3.63, 3.8) is 0 Å². The van der Waals surface area contributed by atoms with E-state index in [4.69, 9.17) is 23.7 Å². The molecule has 34 heavy (non-hydrogen) atoms. The summed E-state index contributed by atoms with van der Waals surface area (Å²) in [5.41, 5.74) is 3.44. The lowest BCUT2D eigenvalue weighted by Crippen LogP contribution is -2.44. The van der Waals surface area contributed by atoms with E-state index in [9.17, 15) is 4.79 Å². The lowest BCUT2D eigenvalue weighted by molar-refractivity contribution is -0.278. The highest BCUT2D eigenvalue weighted by Crippen LogP contribution is 2.57. The third-order valence-corrected chi connectivity index (χ3v) is 6.80. The maximum Gasteiger partial charge on any atom is 0.335 e. The Morgan fingerprint density at radius 1 is 1.15 bits per heavy atom. The minimum Gasteiger partial charge on any atom is -0.432 e. The van der Waals surface area contributed by atoms with Crippen LogP contribution in [0.2, 0.25) is 0 Å². The van der Waals surface area contributed by atoms with E-state index in [0.29, 0.717) is 12.0 Å². The number of hydrogen-bond acceptors (Lipinski definition) is 6. The molecule has 5 atom stereocenters. The maximum absolute atomic E-state index is 12.1. The van der Waals surface area contributed by atoms with Crippen LogP contribution in [0.25, 0.3) is 0 Å². The summed E-state index contributed by atoms with van der Waals surface area (Å²) < 4.78 is 29.5. The van der Waals surface area contributed by atoms with Crippen LogP contribution >= 0.6 is 0 Å². The minimum atomic E-state index is -1.22. The summed E-state index contributed by atoms with van der Waals surface area (Å²) in [6.45, 7) is 16.3. The molecule has 0 amide bonds. The van der Waals surface area contributed by atoms with Gasteiger partial charge in [-0.25, -0.2) is 4.79 Å². The van der Waals surface area contributed by atoms with E-state index in [0.717, 1.165) is 24.0 Å². The number of rotatable bonds is 9. The van der Waals surface area contributed by atoms with Gasteiger partial charge in [0.05, 0.1) is 12.4 Å². The monoisotopic (exact) mass is 474 g/mol. The van der Waals surface area contributed by atoms with Gasteiger partial charge >= 0.3 is 5.97 Å². The van der Waals surface area contributed by atoms with E-state index in [1.165, 1.54) is 17.9 Å². The molecule has 1 aliphatic carbocycles. The number of allylic oxidation sites excluding steroid dienone is 4. The lowest BCUT2D eigenvalue weighted by atomic mass is 9.68. The van der Waals surface area contributed by atoms with Crippen molar-refractivity contribution in [2.45, 2.75) is 78.5 Å². The van der Waals surface area contributed by atoms with Gasteiger partial charge in [0.25, 0.3) is 0 Å². The van der Waals surface area contributed by atoms with Crippen molar-refractivity contribution in [2.75, 3.05) is 21.3 Å². The average molecular weight is 475 g/mol. The fourth-order valence-electron chi connectivity index (χ4n) is 4.91. The number of carbonyl (C=O) groups is 1. The van der Waals surface area contributed by atoms with Crippen molar-refractivity contribution in [1.29, 1.82) is 0 Å². The highest BCUT2D eigenvalue weighted by molar-refractivity contribution is 5.83. The number of ether oxygens (including phenoxy) is 5. The number of carbonyl (C=O) groups excluding carboxylic acids is 1. The first-order chi connectivity index (χ1) is 15.9. The maximum atomic E-state index is 12.1. The van der Waals surface area contributed by atoms with Crippen LogP contribution in [0.1, 0.15) is 60.8 Å². The molecule has 6 heteroatoms. The largest absolute Gasteiger partial charge is 0.432 e. The summed E-state index contributed by atoms with van der Waals surface area (Å²) in [4.78, 5) is 12.1. The smallest absolute Gasteiger partial charge is 0.335 e. The van der Waals surface area contributed by atoms with Crippen molar-refractivity contribution in [3.05, 3.63) is 59.4 Å². The highest BCUT2D eigenvalue weighted by Gasteiger charge is 2.59. The summed E-state index contributed by atoms with van der Waals surface area (Å²) in [7, 11) is 4.89. The van der Waals surface area contributed by atoms with E-state index in [2.05, 4.69) is 33.4 Å². The van der Waals surface area contributed by atoms with Crippen LogP contribution in [0.3, 0.4) is 0 Å². The molecule has 0 aromatic carbocycles. The molecular weight excluding hydrogens is 432 g/mol. The third-order valence-electron chi connectivity index (χ3n) is 6.80. The number of fused-ring (bicyclic) bond motifs is 1. The van der Waals surface area contributed by atoms with Crippen LogP contribution in [0.4, 0.5) is 0 Å². The molecule has 0 saturated heterocycles. The van der Waals surface area contributed by atoms with E-state index >= 15 is 0 Å². The molecule has 2 aliphatic rings. The zero-order chi connectivity index (χ0) is 25.7. The molecule has 1 aliphatic heterocycles. The van der Waals surface area contributed by atoms with Gasteiger partial charge in [0, 0.05) is 44.5 Å². The Morgan fingerprint density at radius 3 is 2.35 bits per heavy atom. The van der Waals surface area contributed by atoms with Crippen LogP contribution in [-0.4, -0.2) is 45.0 Å².